The molecule has 0 aliphatic heterocycles. The number of nitrogens with one attached hydrogen (secondary N) is 2. The molecule has 0 spiro atoms. The minimum absolute atomic E-state index is 0. The number of pyridine rings is 4. The van der Waals surface area contributed by atoms with Gasteiger partial charge in [0.1, 0.15) is 77.3 Å². The number of rotatable bonds is 22. The van der Waals surface area contributed by atoms with Gasteiger partial charge in [-0.05, 0) is 109 Å². The number of fused-ring (bicyclic) bond motifs is 5. The van der Waals surface area contributed by atoms with Gasteiger partial charge in [0.2, 0.25) is 0 Å². The van der Waals surface area contributed by atoms with E-state index in [1.54, 1.807) is 36.7 Å². The van der Waals surface area contributed by atoms with Crippen molar-refractivity contribution >= 4 is 93.3 Å². The van der Waals surface area contributed by atoms with Crippen LogP contribution in [0.4, 0.5) is 61.5 Å². The van der Waals surface area contributed by atoms with Crippen LogP contribution in [0.3, 0.4) is 0 Å². The number of alkyl halides is 7. The Balaban J connectivity index is 0.000000287. The van der Waals surface area contributed by atoms with Crippen molar-refractivity contribution in [2.24, 2.45) is 0 Å². The van der Waals surface area contributed by atoms with Crippen molar-refractivity contribution < 1.29 is 147 Å². The van der Waals surface area contributed by atoms with Crippen LogP contribution in [-0.2, 0) is 79.3 Å². The molecule has 11 aromatic rings. The van der Waals surface area contributed by atoms with Gasteiger partial charge in [0, 0.05) is 78.0 Å². The van der Waals surface area contributed by atoms with Crippen molar-refractivity contribution in [2.75, 3.05) is 55.9 Å². The SMILES string of the molecule is CCOCc1cc(OC)c(-c2ccc(C[C@H](NC(=O)c3c(F)cccc3F)C(=O)O)c3cc(C(F)(F)F)cnc23)c(OC)c1.CCOCc1cc(OC)c(B(O)O)c(OC)c1.F[C-](F)F.[2H]CF.[B]c1ccc(C[C@H](NC(=O)c2c(F)cccc2F)C(=O)OC)c2cc(C(F)(F)F)cnc12.[Cu+].c1cnc2c(c1)ccc1cccnc12. The summed E-state index contributed by atoms with van der Waals surface area (Å²) in [4.78, 5) is 66.0. The molecule has 2 amide bonds. The fraction of sp³-hybridized carbons (Fsp3) is 0.234. The number of hydrogen-bond acceptors (Lipinski definition) is 17. The maximum atomic E-state index is 14.2. The van der Waals surface area contributed by atoms with Crippen LogP contribution in [0.1, 0.15) is 69.3 Å². The summed E-state index contributed by atoms with van der Waals surface area (Å²) < 4.78 is 218. The largest absolute Gasteiger partial charge is 1.00 e. The van der Waals surface area contributed by atoms with Gasteiger partial charge in [0.05, 0.1) is 102 Å². The van der Waals surface area contributed by atoms with E-state index in [2.05, 4.69) is 59.6 Å². The molecule has 606 valence electrons. The molecule has 4 aromatic heterocycles. The maximum absolute atomic E-state index is 14.2. The normalized spacial score (nSPS) is 11.5. The standard InChI is InChI=1S/C31H27F5N2O6.C21H14BF5N2O3.C12H8N2.C11H17BO5.CF3.CH3F.Cu/c1-4-44-15-16-10-24(42-2)26(25(11-16)43-3)19-9-8-17(20-13-18(31(34,35)36)14-37-28(19)20)12-23(30(40)41)38-29(39)27-21(32)6-5-7-22(27)33;1-32-20(31)16(29-19(30)17-14(23)3-2-4-15(17)24)7-10-5-6-13(22)18-12(10)8-11(9-28-18)21(25,26)27;1-3-9-5-6-10-4-2-8-14-12(10)11(9)13-7-1;1-4-17-7-8-5-9(15-2)11(12(13)14)10(6-8)16-3;2-1(3)4;1-2;/h5-11,13-14,23H,4,12,15H2,1-3H3,(H,38,39)(H,40,41);2-6,8-9,16H,7H2,1H3,(H,29,30);1-8H;5-6,13-14H,4,7H2,1-3H3;;1H3;/q;;;;-1;;+1/t23-;16-;;;;;/m00...../s1/i;;;;;1D;. The van der Waals surface area contributed by atoms with Crippen LogP contribution in [0.25, 0.3) is 54.7 Å². The van der Waals surface area contributed by atoms with Gasteiger partial charge in [0.15, 0.2) is 6.68 Å². The molecule has 114 heavy (non-hydrogen) atoms. The zero-order valence-corrected chi connectivity index (χ0v) is 61.9. The van der Waals surface area contributed by atoms with E-state index in [0.717, 1.165) is 83.0 Å². The molecule has 0 aliphatic rings. The molecule has 11 rings (SSSR count). The van der Waals surface area contributed by atoms with Gasteiger partial charge >= 0.3 is 48.5 Å². The predicted octanol–water partition coefficient (Wildman–Crippen LogP) is 13.6. The number of hydrogen-bond donors (Lipinski definition) is 5. The first-order chi connectivity index (χ1) is 54.1. The second kappa shape index (κ2) is 43.7. The molecule has 2 atom stereocenters. The fourth-order valence-corrected chi connectivity index (χ4v) is 11.1. The smallest absolute Gasteiger partial charge is 0.497 e. The topological polar surface area (TPSA) is 269 Å². The number of aliphatic carboxylic acids is 1. The van der Waals surface area contributed by atoms with E-state index >= 15 is 0 Å². The van der Waals surface area contributed by atoms with Crippen LogP contribution in [-0.4, -0.2) is 142 Å². The average Bonchev–Trinajstić information content (AvgIpc) is 0.766. The van der Waals surface area contributed by atoms with Gasteiger partial charge in [0.25, 0.3) is 11.8 Å². The summed E-state index contributed by atoms with van der Waals surface area (Å²) in [7, 11) is 9.93. The minimum Gasteiger partial charge on any atom is -0.497 e. The van der Waals surface area contributed by atoms with Crippen LogP contribution >= 0.6 is 0 Å². The molecule has 0 aliphatic carbocycles. The van der Waals surface area contributed by atoms with Crippen molar-refractivity contribution in [3.8, 4) is 34.1 Å². The summed E-state index contributed by atoms with van der Waals surface area (Å²) in [5.41, 5.74) is 0.845. The van der Waals surface area contributed by atoms with Gasteiger partial charge in [-0.1, -0.05) is 66.1 Å². The van der Waals surface area contributed by atoms with E-state index in [-0.39, 0.29) is 74.0 Å². The molecule has 20 nitrogen and oxygen atoms in total. The number of halogens is 14. The predicted molar refractivity (Wildman–Crippen MR) is 390 cm³/mol. The zero-order valence-electron chi connectivity index (χ0n) is 62.0. The summed E-state index contributed by atoms with van der Waals surface area (Å²) in [5.74, 6) is -8.48. The molecule has 5 N–H and O–H groups in total. The van der Waals surface area contributed by atoms with E-state index < -0.39 is 121 Å². The monoisotopic (exact) mass is 1650 g/mol. The molecule has 0 bridgehead atoms. The first kappa shape index (κ1) is 91.6. The van der Waals surface area contributed by atoms with Crippen LogP contribution in [0.5, 0.6) is 23.0 Å². The number of carbonyl (C=O) groups excluding carboxylic acids is 3. The Labute approximate surface area is 655 Å². The third kappa shape index (κ3) is 24.6. The molecule has 0 fully saturated rings. The number of nitrogens with zero attached hydrogens (tertiary/aromatic N) is 4. The molecular formula is C77H69B2CuF14N6O14. The number of ether oxygens (including phenoxy) is 7. The second-order valence-electron chi connectivity index (χ2n) is 23.2. The van der Waals surface area contributed by atoms with Crippen molar-refractivity contribution in [1.29, 1.82) is 0 Å². The Morgan fingerprint density at radius 2 is 0.939 bits per heavy atom. The number of benzene rings is 7. The Hall–Kier alpha value is -11.2. The van der Waals surface area contributed by atoms with E-state index in [9.17, 15) is 95.8 Å². The quantitative estimate of drug-likeness (QED) is 0.0139. The molecule has 0 unspecified atom stereocenters. The molecule has 0 saturated carbocycles. The fourth-order valence-electron chi connectivity index (χ4n) is 11.1. The van der Waals surface area contributed by atoms with Crippen molar-refractivity contribution in [2.45, 2.75) is 64.3 Å². The van der Waals surface area contributed by atoms with Crippen LogP contribution in [0.15, 0.2) is 158 Å². The van der Waals surface area contributed by atoms with E-state index in [0.29, 0.717) is 71.9 Å². The third-order valence-corrected chi connectivity index (χ3v) is 16.2. The number of carboxylic acids is 1. The Bertz CT molecular complexity index is 5000. The van der Waals surface area contributed by atoms with Crippen molar-refractivity contribution in [3.05, 3.63) is 233 Å². The van der Waals surface area contributed by atoms with Crippen molar-refractivity contribution in [1.82, 2.24) is 30.6 Å². The molecule has 7 aromatic carbocycles. The van der Waals surface area contributed by atoms with Gasteiger partial charge in [-0.15, -0.1) is 0 Å². The summed E-state index contributed by atoms with van der Waals surface area (Å²) in [5, 5.41) is 34.8. The molecule has 2 radical (unpaired) electrons. The molecule has 37 heteroatoms. The van der Waals surface area contributed by atoms with Crippen LogP contribution < -0.4 is 40.5 Å². The van der Waals surface area contributed by atoms with Gasteiger partial charge in [-0.3, -0.25) is 33.9 Å². The summed E-state index contributed by atoms with van der Waals surface area (Å²) >= 11 is 0. The van der Waals surface area contributed by atoms with Gasteiger partial charge in [-0.25, -0.2) is 27.2 Å². The number of carbonyl (C=O) groups is 4. The third-order valence-electron chi connectivity index (χ3n) is 16.2. The Morgan fingerprint density at radius 3 is 1.32 bits per heavy atom. The first-order valence-electron chi connectivity index (χ1n) is 33.7. The van der Waals surface area contributed by atoms with E-state index in [1.165, 1.54) is 52.7 Å². The zero-order chi connectivity index (χ0) is 84.3. The summed E-state index contributed by atoms with van der Waals surface area (Å²) in [6, 6.07) is 28.5. The summed E-state index contributed by atoms with van der Waals surface area (Å²) in [6.07, 6.45) is -5.48. The second-order valence-corrected chi connectivity index (χ2v) is 23.2. The summed E-state index contributed by atoms with van der Waals surface area (Å²) in [6.45, 7) is 2.38. The maximum Gasteiger partial charge on any atom is 1.00 e. The number of amides is 2. The van der Waals surface area contributed by atoms with Crippen LogP contribution in [0, 0.1) is 29.9 Å². The number of methoxy groups -OCH3 is 5. The number of esters is 1. The van der Waals surface area contributed by atoms with Gasteiger partial charge in [-0.2, -0.15) is 26.3 Å². The number of carboxylic acid groups (broad SMARTS) is 1. The first-order valence-corrected chi connectivity index (χ1v) is 33.0. The van der Waals surface area contributed by atoms with E-state index in [1.807, 2.05) is 26.0 Å². The number of aromatic nitrogens is 4. The van der Waals surface area contributed by atoms with Crippen LogP contribution in [0.2, 0.25) is 0 Å². The Morgan fingerprint density at radius 1 is 0.553 bits per heavy atom. The minimum atomic E-state index is -4.78. The molecular weight excluding hydrogens is 1580 g/mol. The Kier molecular flexibility index (Phi) is 35.1. The van der Waals surface area contributed by atoms with E-state index in [4.69, 9.17) is 37.6 Å². The molecule has 0 saturated heterocycles. The van der Waals surface area contributed by atoms with Crippen molar-refractivity contribution in [3.63, 3.8) is 0 Å². The average molecular weight is 1650 g/mol. The van der Waals surface area contributed by atoms with Gasteiger partial charge < -0.3 is 72.1 Å². The molecule has 4 heterocycles.